The van der Waals surface area contributed by atoms with Gasteiger partial charge in [0, 0.05) is 16.6 Å². The molecule has 0 bridgehead atoms. The van der Waals surface area contributed by atoms with Crippen LogP contribution < -0.4 is 5.32 Å². The van der Waals surface area contributed by atoms with E-state index in [-0.39, 0.29) is 11.9 Å². The first-order valence-corrected chi connectivity index (χ1v) is 7.78. The van der Waals surface area contributed by atoms with Crippen LogP contribution in [0.25, 0.3) is 0 Å². The van der Waals surface area contributed by atoms with Gasteiger partial charge in [-0.2, -0.15) is 0 Å². The molecule has 0 heterocycles. The number of rotatable bonds is 4. The molecular weight excluding hydrogens is 261 g/mol. The van der Waals surface area contributed by atoms with Crippen LogP contribution in [0.4, 0.5) is 4.39 Å². The lowest BCUT2D eigenvalue weighted by molar-refractivity contribution is 0.322. The predicted molar refractivity (Wildman–Crippen MR) is 79.0 cm³/mol. The second kappa shape index (κ2) is 7.25. The Bertz CT molecular complexity index is 400. The van der Waals surface area contributed by atoms with Gasteiger partial charge in [0.2, 0.25) is 0 Å². The van der Waals surface area contributed by atoms with Crippen LogP contribution in [0.5, 0.6) is 0 Å². The third-order valence-electron chi connectivity index (χ3n) is 4.09. The van der Waals surface area contributed by atoms with Crippen LogP contribution in [0, 0.1) is 11.7 Å². The largest absolute Gasteiger partial charge is 0.310 e. The van der Waals surface area contributed by atoms with Gasteiger partial charge in [-0.25, -0.2) is 4.39 Å². The molecule has 1 atom stereocenters. The Morgan fingerprint density at radius 3 is 2.53 bits per heavy atom. The summed E-state index contributed by atoms with van der Waals surface area (Å²) < 4.78 is 14.2. The van der Waals surface area contributed by atoms with E-state index in [1.54, 1.807) is 6.07 Å². The van der Waals surface area contributed by atoms with Crippen LogP contribution in [0.3, 0.4) is 0 Å². The van der Waals surface area contributed by atoms with Crippen molar-refractivity contribution in [1.82, 2.24) is 5.32 Å². The zero-order valence-corrected chi connectivity index (χ0v) is 12.3. The Hall–Kier alpha value is -0.600. The van der Waals surface area contributed by atoms with Crippen LogP contribution in [0.2, 0.25) is 5.02 Å². The third-order valence-corrected chi connectivity index (χ3v) is 4.33. The number of nitrogens with one attached hydrogen (secondary N) is 1. The molecular formula is C16H23ClFN. The Labute approximate surface area is 120 Å². The SMILES string of the molecule is CCNC(c1ccc(Cl)cc1F)C1CCCCCC1. The van der Waals surface area contributed by atoms with Gasteiger partial charge in [-0.15, -0.1) is 0 Å². The van der Waals surface area contributed by atoms with E-state index in [1.807, 2.05) is 6.07 Å². The zero-order valence-electron chi connectivity index (χ0n) is 11.6. The van der Waals surface area contributed by atoms with E-state index < -0.39 is 0 Å². The van der Waals surface area contributed by atoms with Crippen LogP contribution in [-0.2, 0) is 0 Å². The highest BCUT2D eigenvalue weighted by molar-refractivity contribution is 6.30. The second-order valence-electron chi connectivity index (χ2n) is 5.45. The van der Waals surface area contributed by atoms with Crippen molar-refractivity contribution >= 4 is 11.6 Å². The summed E-state index contributed by atoms with van der Waals surface area (Å²) in [6.07, 6.45) is 7.56. The third kappa shape index (κ3) is 3.93. The molecule has 1 aromatic rings. The Morgan fingerprint density at radius 1 is 1.26 bits per heavy atom. The summed E-state index contributed by atoms with van der Waals surface area (Å²) in [6.45, 7) is 2.95. The van der Waals surface area contributed by atoms with E-state index in [1.165, 1.54) is 44.6 Å². The summed E-state index contributed by atoms with van der Waals surface area (Å²) >= 11 is 5.85. The molecule has 19 heavy (non-hydrogen) atoms. The minimum absolute atomic E-state index is 0.125. The highest BCUT2D eigenvalue weighted by atomic mass is 35.5. The summed E-state index contributed by atoms with van der Waals surface area (Å²) in [5.41, 5.74) is 0.776. The first-order valence-electron chi connectivity index (χ1n) is 7.40. The molecule has 0 spiro atoms. The van der Waals surface area contributed by atoms with Gasteiger partial charge in [-0.3, -0.25) is 0 Å². The van der Waals surface area contributed by atoms with E-state index in [0.29, 0.717) is 10.9 Å². The quantitative estimate of drug-likeness (QED) is 0.758. The van der Waals surface area contributed by atoms with Crippen LogP contribution >= 0.6 is 11.6 Å². The molecule has 1 aromatic carbocycles. The molecule has 1 saturated carbocycles. The molecule has 3 heteroatoms. The van der Waals surface area contributed by atoms with Gasteiger partial charge in [0.05, 0.1) is 0 Å². The molecule has 1 aliphatic rings. The van der Waals surface area contributed by atoms with Crippen molar-refractivity contribution in [2.45, 2.75) is 51.5 Å². The van der Waals surface area contributed by atoms with E-state index in [2.05, 4.69) is 12.2 Å². The standard InChI is InChI=1S/C16H23ClFN/c1-2-19-16(12-7-5-3-4-6-8-12)14-10-9-13(17)11-15(14)18/h9-12,16,19H,2-8H2,1H3. The fraction of sp³-hybridized carbons (Fsp3) is 0.625. The second-order valence-corrected chi connectivity index (χ2v) is 5.89. The zero-order chi connectivity index (χ0) is 13.7. The lowest BCUT2D eigenvalue weighted by Crippen LogP contribution is -2.29. The van der Waals surface area contributed by atoms with E-state index in [4.69, 9.17) is 11.6 Å². The lowest BCUT2D eigenvalue weighted by Gasteiger charge is -2.28. The minimum Gasteiger partial charge on any atom is -0.310 e. The van der Waals surface area contributed by atoms with E-state index >= 15 is 0 Å². The molecule has 0 aromatic heterocycles. The van der Waals surface area contributed by atoms with E-state index in [9.17, 15) is 4.39 Å². The first-order chi connectivity index (χ1) is 9.22. The summed E-state index contributed by atoms with van der Waals surface area (Å²) in [4.78, 5) is 0. The van der Waals surface area contributed by atoms with Crippen LogP contribution in [0.15, 0.2) is 18.2 Å². The maximum Gasteiger partial charge on any atom is 0.129 e. The van der Waals surface area contributed by atoms with Gasteiger partial charge in [0.25, 0.3) is 0 Å². The molecule has 106 valence electrons. The Morgan fingerprint density at radius 2 is 1.95 bits per heavy atom. The lowest BCUT2D eigenvalue weighted by atomic mass is 9.87. The first kappa shape index (κ1) is 14.8. The Kier molecular flexibility index (Phi) is 5.65. The van der Waals surface area contributed by atoms with E-state index in [0.717, 1.165) is 12.1 Å². The van der Waals surface area contributed by atoms with Crippen molar-refractivity contribution in [2.24, 2.45) is 5.92 Å². The smallest absolute Gasteiger partial charge is 0.129 e. The Balaban J connectivity index is 2.22. The summed E-state index contributed by atoms with van der Waals surface area (Å²) in [5, 5.41) is 3.94. The molecule has 0 amide bonds. The maximum absolute atomic E-state index is 14.2. The fourth-order valence-electron chi connectivity index (χ4n) is 3.15. The number of hydrogen-bond donors (Lipinski definition) is 1. The van der Waals surface area contributed by atoms with Crippen molar-refractivity contribution < 1.29 is 4.39 Å². The highest BCUT2D eigenvalue weighted by Crippen LogP contribution is 2.35. The van der Waals surface area contributed by atoms with Gasteiger partial charge in [0.1, 0.15) is 5.82 Å². The number of hydrogen-bond acceptors (Lipinski definition) is 1. The van der Waals surface area contributed by atoms with Gasteiger partial charge in [-0.1, -0.05) is 50.3 Å². The number of benzene rings is 1. The average molecular weight is 284 g/mol. The van der Waals surface area contributed by atoms with Crippen molar-refractivity contribution in [3.63, 3.8) is 0 Å². The molecule has 1 unspecified atom stereocenters. The molecule has 1 aliphatic carbocycles. The molecule has 1 fully saturated rings. The van der Waals surface area contributed by atoms with Crippen molar-refractivity contribution in [2.75, 3.05) is 6.54 Å². The van der Waals surface area contributed by atoms with Crippen molar-refractivity contribution in [3.05, 3.63) is 34.6 Å². The van der Waals surface area contributed by atoms with Gasteiger partial charge in [-0.05, 0) is 37.4 Å². The van der Waals surface area contributed by atoms with Crippen LogP contribution in [-0.4, -0.2) is 6.54 Å². The highest BCUT2D eigenvalue weighted by Gasteiger charge is 2.25. The summed E-state index contributed by atoms with van der Waals surface area (Å²) in [6, 6.07) is 5.19. The van der Waals surface area contributed by atoms with Gasteiger partial charge >= 0.3 is 0 Å². The molecule has 0 aliphatic heterocycles. The summed E-state index contributed by atoms with van der Waals surface area (Å²) in [7, 11) is 0. The van der Waals surface area contributed by atoms with Crippen molar-refractivity contribution in [3.8, 4) is 0 Å². The molecule has 2 rings (SSSR count). The van der Waals surface area contributed by atoms with Gasteiger partial charge in [0.15, 0.2) is 0 Å². The normalized spacial score (nSPS) is 19.1. The topological polar surface area (TPSA) is 12.0 Å². The van der Waals surface area contributed by atoms with Crippen LogP contribution in [0.1, 0.15) is 57.1 Å². The molecule has 0 radical (unpaired) electrons. The minimum atomic E-state index is -0.178. The fourth-order valence-corrected chi connectivity index (χ4v) is 3.31. The average Bonchev–Trinajstić information content (AvgIpc) is 2.65. The number of halogens is 2. The van der Waals surface area contributed by atoms with Crippen molar-refractivity contribution in [1.29, 1.82) is 0 Å². The predicted octanol–water partition coefficient (Wildman–Crippen LogP) is 5.10. The molecule has 1 N–H and O–H groups in total. The molecule has 1 nitrogen and oxygen atoms in total. The van der Waals surface area contributed by atoms with Gasteiger partial charge < -0.3 is 5.32 Å². The summed E-state index contributed by atoms with van der Waals surface area (Å²) in [5.74, 6) is 0.362. The monoisotopic (exact) mass is 283 g/mol. The maximum atomic E-state index is 14.2. The molecule has 0 saturated heterocycles.